The van der Waals surface area contributed by atoms with Crippen LogP contribution in [0, 0.1) is 5.92 Å². The van der Waals surface area contributed by atoms with Crippen LogP contribution >= 0.6 is 12.4 Å². The van der Waals surface area contributed by atoms with E-state index in [1.165, 1.54) is 6.42 Å². The number of likely N-dealkylation sites (tertiary alicyclic amines) is 1. The number of carboxylic acids is 1. The summed E-state index contributed by atoms with van der Waals surface area (Å²) in [5.41, 5.74) is 7.96. The Kier molecular flexibility index (Phi) is 9.90. The van der Waals surface area contributed by atoms with Crippen molar-refractivity contribution < 1.29 is 19.5 Å². The molecule has 4 rings (SSSR count). The first kappa shape index (κ1) is 27.7. The van der Waals surface area contributed by atoms with Gasteiger partial charge in [-0.2, -0.15) is 0 Å². The third-order valence-corrected chi connectivity index (χ3v) is 7.50. The number of carbonyl (C=O) groups excluding carboxylic acids is 2. The minimum atomic E-state index is -1.18. The highest BCUT2D eigenvalue weighted by Gasteiger charge is 2.41. The molecule has 36 heavy (non-hydrogen) atoms. The van der Waals surface area contributed by atoms with Crippen LogP contribution in [0.15, 0.2) is 60.7 Å². The number of nitrogens with zero attached hydrogens (tertiary/aromatic N) is 1. The molecule has 2 aliphatic rings. The summed E-state index contributed by atoms with van der Waals surface area (Å²) in [6.45, 7) is 0.468. The van der Waals surface area contributed by atoms with Crippen molar-refractivity contribution in [2.24, 2.45) is 11.7 Å². The van der Waals surface area contributed by atoms with E-state index in [0.717, 1.165) is 36.8 Å². The minimum Gasteiger partial charge on any atom is -0.480 e. The summed E-state index contributed by atoms with van der Waals surface area (Å²) >= 11 is 0. The maximum absolute atomic E-state index is 13.4. The summed E-state index contributed by atoms with van der Waals surface area (Å²) in [5.74, 6) is -2.17. The molecule has 1 saturated carbocycles. The lowest BCUT2D eigenvalue weighted by Gasteiger charge is -2.33. The summed E-state index contributed by atoms with van der Waals surface area (Å²) in [7, 11) is 0. The van der Waals surface area contributed by atoms with Crippen LogP contribution in [0.2, 0.25) is 0 Å². The predicted octanol–water partition coefficient (Wildman–Crippen LogP) is 3.71. The molecule has 1 aliphatic heterocycles. The number of halogens is 1. The van der Waals surface area contributed by atoms with Crippen LogP contribution in [0.5, 0.6) is 0 Å². The summed E-state index contributed by atoms with van der Waals surface area (Å²) in [4.78, 5) is 40.7. The van der Waals surface area contributed by atoms with E-state index < -0.39 is 35.9 Å². The van der Waals surface area contributed by atoms with Crippen LogP contribution in [0.25, 0.3) is 0 Å². The van der Waals surface area contributed by atoms with E-state index in [2.05, 4.69) is 5.32 Å². The second-order valence-corrected chi connectivity index (χ2v) is 9.74. The monoisotopic (exact) mass is 513 g/mol. The Morgan fingerprint density at radius 1 is 0.861 bits per heavy atom. The largest absolute Gasteiger partial charge is 0.480 e. The van der Waals surface area contributed by atoms with E-state index in [1.54, 1.807) is 4.90 Å². The van der Waals surface area contributed by atoms with Gasteiger partial charge >= 0.3 is 5.97 Å². The molecule has 2 amide bonds. The quantitative estimate of drug-likeness (QED) is 0.498. The van der Waals surface area contributed by atoms with Gasteiger partial charge in [0.15, 0.2) is 0 Å². The summed E-state index contributed by atoms with van der Waals surface area (Å²) in [6, 6.07) is 16.2. The highest BCUT2D eigenvalue weighted by Crippen LogP contribution is 2.30. The van der Waals surface area contributed by atoms with Crippen molar-refractivity contribution in [2.75, 3.05) is 6.54 Å². The van der Waals surface area contributed by atoms with Crippen molar-refractivity contribution in [1.82, 2.24) is 10.2 Å². The molecule has 1 heterocycles. The Morgan fingerprint density at radius 3 is 1.94 bits per heavy atom. The lowest BCUT2D eigenvalue weighted by atomic mass is 9.83. The second kappa shape index (κ2) is 12.9. The molecule has 8 heteroatoms. The molecule has 194 valence electrons. The number of hydrogen-bond donors (Lipinski definition) is 3. The van der Waals surface area contributed by atoms with E-state index >= 15 is 0 Å². The standard InChI is InChI=1S/C28H35N3O4.ClH/c29-24(21-15-8-3-9-16-21)27(33)31-18-10-17-22(31)26(32)30-25(28(34)35)23(19-11-4-1-5-12-19)20-13-6-2-7-14-20;/h1-2,4-7,11-14,21-25H,3,8-10,15-18,29H2,(H,30,32)(H,34,35);1H. The molecule has 3 unspecified atom stereocenters. The lowest BCUT2D eigenvalue weighted by molar-refractivity contribution is -0.144. The van der Waals surface area contributed by atoms with Gasteiger partial charge in [-0.25, -0.2) is 4.79 Å². The molecule has 2 aromatic carbocycles. The summed E-state index contributed by atoms with van der Waals surface area (Å²) in [6.07, 6.45) is 6.41. The fourth-order valence-corrected chi connectivity index (χ4v) is 5.62. The number of rotatable bonds is 8. The van der Waals surface area contributed by atoms with Gasteiger partial charge in [-0.05, 0) is 42.7 Å². The first-order chi connectivity index (χ1) is 17.0. The number of carboxylic acid groups (broad SMARTS) is 1. The molecule has 2 aromatic rings. The first-order valence-corrected chi connectivity index (χ1v) is 12.7. The number of nitrogens with one attached hydrogen (secondary N) is 1. The highest BCUT2D eigenvalue weighted by atomic mass is 35.5. The Morgan fingerprint density at radius 2 is 1.42 bits per heavy atom. The molecular formula is C28H36ClN3O4. The van der Waals surface area contributed by atoms with Crippen molar-refractivity contribution in [2.45, 2.75) is 69.0 Å². The number of nitrogens with two attached hydrogens (primary N) is 1. The summed E-state index contributed by atoms with van der Waals surface area (Å²) in [5, 5.41) is 13.0. The summed E-state index contributed by atoms with van der Waals surface area (Å²) < 4.78 is 0. The van der Waals surface area contributed by atoms with Crippen molar-refractivity contribution in [3.63, 3.8) is 0 Å². The van der Waals surface area contributed by atoms with E-state index in [0.29, 0.717) is 19.4 Å². The minimum absolute atomic E-state index is 0. The van der Waals surface area contributed by atoms with Gasteiger partial charge in [-0.1, -0.05) is 79.9 Å². The first-order valence-electron chi connectivity index (χ1n) is 12.7. The molecular weight excluding hydrogens is 478 g/mol. The van der Waals surface area contributed by atoms with E-state index in [4.69, 9.17) is 5.73 Å². The molecule has 3 atom stereocenters. The van der Waals surface area contributed by atoms with Crippen molar-refractivity contribution >= 4 is 30.2 Å². The van der Waals surface area contributed by atoms with E-state index in [1.807, 2.05) is 60.7 Å². The van der Waals surface area contributed by atoms with Gasteiger partial charge in [0.05, 0.1) is 6.04 Å². The highest BCUT2D eigenvalue weighted by molar-refractivity contribution is 5.92. The topological polar surface area (TPSA) is 113 Å². The van der Waals surface area contributed by atoms with Gasteiger partial charge in [-0.15, -0.1) is 12.4 Å². The van der Waals surface area contributed by atoms with Crippen LogP contribution in [0.1, 0.15) is 62.0 Å². The lowest BCUT2D eigenvalue weighted by Crippen LogP contribution is -2.56. The van der Waals surface area contributed by atoms with Crippen molar-refractivity contribution in [1.29, 1.82) is 0 Å². The van der Waals surface area contributed by atoms with Gasteiger partial charge in [0, 0.05) is 12.5 Å². The third-order valence-electron chi connectivity index (χ3n) is 7.50. The van der Waals surface area contributed by atoms with Gasteiger partial charge in [0.1, 0.15) is 12.1 Å². The molecule has 7 nitrogen and oxygen atoms in total. The van der Waals surface area contributed by atoms with Crippen LogP contribution < -0.4 is 11.1 Å². The molecule has 0 aromatic heterocycles. The van der Waals surface area contributed by atoms with Crippen molar-refractivity contribution in [3.8, 4) is 0 Å². The van der Waals surface area contributed by atoms with Crippen LogP contribution in [0.4, 0.5) is 0 Å². The maximum Gasteiger partial charge on any atom is 0.327 e. The second-order valence-electron chi connectivity index (χ2n) is 9.74. The Bertz CT molecular complexity index is 974. The SMILES string of the molecule is Cl.NC(C(=O)N1CCCC1C(=O)NC(C(=O)O)C(c1ccccc1)c1ccccc1)C1CCCCC1. The van der Waals surface area contributed by atoms with Crippen LogP contribution in [-0.4, -0.2) is 52.5 Å². The molecule has 2 fully saturated rings. The molecule has 4 N–H and O–H groups in total. The van der Waals surface area contributed by atoms with Gasteiger partial charge < -0.3 is 21.1 Å². The Balaban J connectivity index is 0.00000361. The zero-order valence-corrected chi connectivity index (χ0v) is 21.2. The number of benzene rings is 2. The van der Waals surface area contributed by atoms with Crippen molar-refractivity contribution in [3.05, 3.63) is 71.8 Å². The van der Waals surface area contributed by atoms with Crippen LogP contribution in [-0.2, 0) is 14.4 Å². The fraction of sp³-hybridized carbons (Fsp3) is 0.464. The molecule has 0 radical (unpaired) electrons. The predicted molar refractivity (Wildman–Crippen MR) is 141 cm³/mol. The number of amides is 2. The average Bonchev–Trinajstić information content (AvgIpc) is 3.39. The molecule has 0 spiro atoms. The molecule has 0 bridgehead atoms. The van der Waals surface area contributed by atoms with E-state index in [9.17, 15) is 19.5 Å². The Labute approximate surface area is 218 Å². The number of carbonyl (C=O) groups is 3. The number of aliphatic carboxylic acids is 1. The average molecular weight is 514 g/mol. The van der Waals surface area contributed by atoms with Gasteiger partial charge in [0.25, 0.3) is 0 Å². The zero-order chi connectivity index (χ0) is 24.8. The van der Waals surface area contributed by atoms with Gasteiger partial charge in [-0.3, -0.25) is 9.59 Å². The maximum atomic E-state index is 13.4. The van der Waals surface area contributed by atoms with Gasteiger partial charge in [0.2, 0.25) is 11.8 Å². The van der Waals surface area contributed by atoms with Crippen LogP contribution in [0.3, 0.4) is 0 Å². The molecule has 1 aliphatic carbocycles. The smallest absolute Gasteiger partial charge is 0.327 e. The Hall–Kier alpha value is -2.90. The number of hydrogen-bond acceptors (Lipinski definition) is 4. The zero-order valence-electron chi connectivity index (χ0n) is 20.4. The van der Waals surface area contributed by atoms with E-state index in [-0.39, 0.29) is 24.2 Å². The normalized spacial score (nSPS) is 19.8. The third kappa shape index (κ3) is 6.26. The fourth-order valence-electron chi connectivity index (χ4n) is 5.62. The molecule has 1 saturated heterocycles.